The number of ether oxygens (including phenoxy) is 1. The van der Waals surface area contributed by atoms with E-state index in [2.05, 4.69) is 45.0 Å². The Morgan fingerprint density at radius 3 is 1.59 bits per heavy atom. The maximum Gasteiger partial charge on any atom is 0.0713 e. The van der Waals surface area contributed by atoms with Gasteiger partial charge in [-0.2, -0.15) is 0 Å². The predicted molar refractivity (Wildman–Crippen MR) is 78.6 cm³/mol. The summed E-state index contributed by atoms with van der Waals surface area (Å²) in [5.74, 6) is 0. The van der Waals surface area contributed by atoms with Gasteiger partial charge in [0.1, 0.15) is 0 Å². The van der Waals surface area contributed by atoms with Gasteiger partial charge < -0.3 is 4.74 Å². The average molecular weight is 238 g/mol. The highest BCUT2D eigenvalue weighted by molar-refractivity contribution is 5.27. The highest BCUT2D eigenvalue weighted by Gasteiger charge is 2.12. The normalized spacial score (nSPS) is 9.65. The summed E-state index contributed by atoms with van der Waals surface area (Å²) in [4.78, 5) is 0. The summed E-state index contributed by atoms with van der Waals surface area (Å²) >= 11 is 0. The van der Waals surface area contributed by atoms with Gasteiger partial charge in [-0.15, -0.1) is 0 Å². The van der Waals surface area contributed by atoms with Crippen molar-refractivity contribution in [1.82, 2.24) is 0 Å². The van der Waals surface area contributed by atoms with Crippen LogP contribution >= 0.6 is 0 Å². The Bertz CT molecular complexity index is 254. The minimum Gasteiger partial charge on any atom is -0.380 e. The Hall–Kier alpha value is -0.820. The first-order valence-electron chi connectivity index (χ1n) is 6.62. The second kappa shape index (κ2) is 10.3. The lowest BCUT2D eigenvalue weighted by Gasteiger charge is -2.19. The van der Waals surface area contributed by atoms with Crippen LogP contribution in [-0.2, 0) is 16.8 Å². The lowest BCUT2D eigenvalue weighted by molar-refractivity contribution is 0.185. The highest BCUT2D eigenvalue weighted by Crippen LogP contribution is 2.22. The second-order valence-electron chi connectivity index (χ2n) is 4.38. The third-order valence-electron chi connectivity index (χ3n) is 2.13. The van der Waals surface area contributed by atoms with Crippen molar-refractivity contribution in [2.24, 2.45) is 0 Å². The third-order valence-corrected chi connectivity index (χ3v) is 2.13. The van der Waals surface area contributed by atoms with E-state index in [0.717, 1.165) is 0 Å². The van der Waals surface area contributed by atoms with Crippen molar-refractivity contribution in [2.75, 3.05) is 7.11 Å². The van der Waals surface area contributed by atoms with Gasteiger partial charge in [0.25, 0.3) is 0 Å². The molecular weight excluding hydrogens is 208 g/mol. The lowest BCUT2D eigenvalue weighted by Crippen LogP contribution is -2.10. The molecule has 0 saturated heterocycles. The van der Waals surface area contributed by atoms with Crippen LogP contribution in [0.2, 0.25) is 0 Å². The van der Waals surface area contributed by atoms with Crippen molar-refractivity contribution >= 4 is 0 Å². The molecule has 0 unspecified atom stereocenters. The molecule has 1 heteroatoms. The first-order chi connectivity index (χ1) is 8.04. The maximum atomic E-state index is 5.05. The number of methoxy groups -OCH3 is 1. The molecule has 0 N–H and O–H groups in total. The van der Waals surface area contributed by atoms with E-state index in [1.165, 1.54) is 11.1 Å². The Morgan fingerprint density at radius 1 is 0.882 bits per heavy atom. The zero-order valence-electron chi connectivity index (χ0n) is 12.9. The van der Waals surface area contributed by atoms with E-state index in [0.29, 0.717) is 6.61 Å². The van der Waals surface area contributed by atoms with Gasteiger partial charge in [0.15, 0.2) is 0 Å². The molecule has 1 aromatic rings. The first kappa shape index (κ1) is 18.5. The smallest absolute Gasteiger partial charge is 0.0713 e. The van der Waals surface area contributed by atoms with Gasteiger partial charge in [0.2, 0.25) is 0 Å². The maximum absolute atomic E-state index is 5.05. The monoisotopic (exact) mass is 238 g/mol. The molecule has 0 bridgehead atoms. The van der Waals surface area contributed by atoms with Crippen molar-refractivity contribution in [3.63, 3.8) is 0 Å². The molecule has 1 nitrogen and oxygen atoms in total. The molecule has 0 radical (unpaired) electrons. The number of rotatable bonds is 2. The van der Waals surface area contributed by atoms with Crippen molar-refractivity contribution in [3.8, 4) is 0 Å². The van der Waals surface area contributed by atoms with Gasteiger partial charge in [-0.3, -0.25) is 0 Å². The minimum absolute atomic E-state index is 0.242. The Kier molecular flexibility index (Phi) is 11.3. The molecule has 0 heterocycles. The topological polar surface area (TPSA) is 9.23 Å². The van der Waals surface area contributed by atoms with Crippen molar-refractivity contribution in [2.45, 2.75) is 60.5 Å². The van der Waals surface area contributed by atoms with Crippen LogP contribution in [0.25, 0.3) is 0 Å². The average Bonchev–Trinajstić information content (AvgIpc) is 2.34. The van der Waals surface area contributed by atoms with E-state index in [1.807, 2.05) is 27.7 Å². The largest absolute Gasteiger partial charge is 0.380 e. The predicted octanol–water partition coefficient (Wildman–Crippen LogP) is 5.18. The molecule has 1 aromatic carbocycles. The summed E-state index contributed by atoms with van der Waals surface area (Å²) in [6, 6.07) is 8.61. The van der Waals surface area contributed by atoms with Crippen LogP contribution in [0.4, 0.5) is 0 Å². The van der Waals surface area contributed by atoms with E-state index in [9.17, 15) is 0 Å². The summed E-state index contributed by atoms with van der Waals surface area (Å²) < 4.78 is 5.05. The second-order valence-corrected chi connectivity index (χ2v) is 4.38. The van der Waals surface area contributed by atoms with Crippen LogP contribution in [0.15, 0.2) is 24.3 Å². The Morgan fingerprint density at radius 2 is 1.29 bits per heavy atom. The molecule has 0 fully saturated rings. The van der Waals surface area contributed by atoms with Crippen molar-refractivity contribution in [3.05, 3.63) is 35.4 Å². The van der Waals surface area contributed by atoms with E-state index in [-0.39, 0.29) is 5.41 Å². The van der Waals surface area contributed by atoms with Crippen LogP contribution in [0.3, 0.4) is 0 Å². The molecule has 0 spiro atoms. The molecular formula is C16H30O. The SMILES string of the molecule is CC.CC.COCc1ccc(C(C)(C)C)cc1. The van der Waals surface area contributed by atoms with Gasteiger partial charge in [-0.1, -0.05) is 72.7 Å². The fraction of sp³-hybridized carbons (Fsp3) is 0.625. The van der Waals surface area contributed by atoms with Crippen molar-refractivity contribution in [1.29, 1.82) is 0 Å². The first-order valence-corrected chi connectivity index (χ1v) is 6.62. The van der Waals surface area contributed by atoms with Gasteiger partial charge in [0, 0.05) is 7.11 Å². The molecule has 0 aliphatic rings. The molecule has 0 atom stereocenters. The summed E-state index contributed by atoms with van der Waals surface area (Å²) in [6.45, 7) is 15.4. The van der Waals surface area contributed by atoms with Crippen LogP contribution < -0.4 is 0 Å². The molecule has 17 heavy (non-hydrogen) atoms. The minimum atomic E-state index is 0.242. The Labute approximate surface area is 108 Å². The van der Waals surface area contributed by atoms with Gasteiger partial charge in [-0.05, 0) is 16.5 Å². The zero-order valence-corrected chi connectivity index (χ0v) is 12.9. The summed E-state index contributed by atoms with van der Waals surface area (Å²) in [5.41, 5.74) is 2.84. The highest BCUT2D eigenvalue weighted by atomic mass is 16.5. The number of benzene rings is 1. The van der Waals surface area contributed by atoms with Crippen LogP contribution in [0.1, 0.15) is 59.6 Å². The lowest BCUT2D eigenvalue weighted by atomic mass is 9.87. The van der Waals surface area contributed by atoms with Crippen LogP contribution in [-0.4, -0.2) is 7.11 Å². The van der Waals surface area contributed by atoms with E-state index < -0.39 is 0 Å². The number of hydrogen-bond donors (Lipinski definition) is 0. The fourth-order valence-corrected chi connectivity index (χ4v) is 1.27. The molecule has 100 valence electrons. The van der Waals surface area contributed by atoms with Crippen molar-refractivity contribution < 1.29 is 4.74 Å². The number of hydrogen-bond acceptors (Lipinski definition) is 1. The quantitative estimate of drug-likeness (QED) is 0.689. The molecule has 0 saturated carbocycles. The molecule has 0 amide bonds. The molecule has 0 aliphatic carbocycles. The molecule has 0 aromatic heterocycles. The standard InChI is InChI=1S/C12H18O.2C2H6/c1-12(2,3)11-7-5-10(6-8-11)9-13-4;2*1-2/h5-8H,9H2,1-4H3;2*1-2H3. The summed E-state index contributed by atoms with van der Waals surface area (Å²) in [7, 11) is 1.72. The molecule has 1 rings (SSSR count). The third kappa shape index (κ3) is 7.98. The summed E-state index contributed by atoms with van der Waals surface area (Å²) in [5, 5.41) is 0. The van der Waals surface area contributed by atoms with E-state index >= 15 is 0 Å². The van der Waals surface area contributed by atoms with Gasteiger partial charge in [0.05, 0.1) is 6.61 Å². The van der Waals surface area contributed by atoms with E-state index in [1.54, 1.807) is 7.11 Å². The van der Waals surface area contributed by atoms with Gasteiger partial charge in [-0.25, -0.2) is 0 Å². The van der Waals surface area contributed by atoms with E-state index in [4.69, 9.17) is 4.74 Å². The Balaban J connectivity index is 0. The van der Waals surface area contributed by atoms with Gasteiger partial charge >= 0.3 is 0 Å². The zero-order chi connectivity index (χ0) is 13.9. The fourth-order valence-electron chi connectivity index (χ4n) is 1.27. The summed E-state index contributed by atoms with van der Waals surface area (Å²) in [6.07, 6.45) is 0. The molecule has 0 aliphatic heterocycles. The van der Waals surface area contributed by atoms with Crippen LogP contribution in [0, 0.1) is 0 Å². The van der Waals surface area contributed by atoms with Crippen LogP contribution in [0.5, 0.6) is 0 Å².